The molecular formula is C26H22N2O6S. The van der Waals surface area contributed by atoms with Crippen LogP contribution in [-0.4, -0.2) is 26.3 Å². The summed E-state index contributed by atoms with van der Waals surface area (Å²) in [5.74, 6) is -1.50. The Morgan fingerprint density at radius 1 is 0.857 bits per heavy atom. The van der Waals surface area contributed by atoms with E-state index in [-0.39, 0.29) is 16.2 Å². The Kier molecular flexibility index (Phi) is 6.27. The summed E-state index contributed by atoms with van der Waals surface area (Å²) in [4.78, 5) is 39.0. The molecule has 1 heterocycles. The van der Waals surface area contributed by atoms with Crippen molar-refractivity contribution in [2.45, 2.75) is 25.7 Å². The van der Waals surface area contributed by atoms with Crippen LogP contribution < -0.4 is 14.4 Å². The first-order valence-electron chi connectivity index (χ1n) is 10.7. The Morgan fingerprint density at radius 3 is 2.17 bits per heavy atom. The van der Waals surface area contributed by atoms with Crippen molar-refractivity contribution in [2.24, 2.45) is 0 Å². The minimum absolute atomic E-state index is 0.0231. The third kappa shape index (κ3) is 4.85. The fraction of sp³-hybridized carbons (Fsp3) is 0.115. The van der Waals surface area contributed by atoms with Gasteiger partial charge in [0.25, 0.3) is 11.8 Å². The molecule has 35 heavy (non-hydrogen) atoms. The van der Waals surface area contributed by atoms with Crippen LogP contribution in [0.2, 0.25) is 0 Å². The van der Waals surface area contributed by atoms with Gasteiger partial charge in [0.05, 0.1) is 5.69 Å². The highest BCUT2D eigenvalue weighted by molar-refractivity contribution is 7.87. The average Bonchev–Trinajstić information content (AvgIpc) is 2.80. The van der Waals surface area contributed by atoms with E-state index in [0.29, 0.717) is 11.3 Å². The molecule has 0 unspecified atom stereocenters. The second-order valence-corrected chi connectivity index (χ2v) is 9.64. The largest absolute Gasteiger partial charge is 0.379 e. The zero-order valence-corrected chi connectivity index (χ0v) is 20.0. The van der Waals surface area contributed by atoms with Gasteiger partial charge in [0.1, 0.15) is 16.2 Å². The lowest BCUT2D eigenvalue weighted by Gasteiger charge is -2.28. The number of benzene rings is 3. The van der Waals surface area contributed by atoms with Crippen molar-refractivity contribution in [2.75, 3.05) is 4.90 Å². The zero-order valence-electron chi connectivity index (χ0n) is 19.2. The van der Waals surface area contributed by atoms with Gasteiger partial charge in [-0.15, -0.1) is 0 Å². The van der Waals surface area contributed by atoms with E-state index in [0.717, 1.165) is 21.6 Å². The van der Waals surface area contributed by atoms with Crippen molar-refractivity contribution in [3.63, 3.8) is 0 Å². The molecule has 0 bridgehead atoms. The van der Waals surface area contributed by atoms with Gasteiger partial charge in [0.15, 0.2) is 0 Å². The molecule has 178 valence electrons. The van der Waals surface area contributed by atoms with Crippen LogP contribution in [0.5, 0.6) is 5.75 Å². The standard InChI is InChI=1S/C26H22N2O6S/c1-16-7-13-21(14-8-16)35(32,33)34-20-11-9-19(10-12-20)15-22-24(29)27-26(31)28(25(22)30)23-6-4-5-17(2)18(23)3/h4-15H,1-3H3,(H,27,29,31)/b22-15+. The van der Waals surface area contributed by atoms with Gasteiger partial charge in [-0.2, -0.15) is 8.42 Å². The third-order valence-electron chi connectivity index (χ3n) is 5.63. The van der Waals surface area contributed by atoms with Crippen LogP contribution in [0.15, 0.2) is 77.2 Å². The Balaban J connectivity index is 1.59. The first-order valence-corrected chi connectivity index (χ1v) is 12.1. The highest BCUT2D eigenvalue weighted by Gasteiger charge is 2.37. The van der Waals surface area contributed by atoms with Crippen molar-refractivity contribution >= 4 is 39.7 Å². The molecule has 4 rings (SSSR count). The van der Waals surface area contributed by atoms with Crippen LogP contribution in [0.25, 0.3) is 6.08 Å². The molecule has 8 nitrogen and oxygen atoms in total. The number of hydrogen-bond acceptors (Lipinski definition) is 6. The monoisotopic (exact) mass is 490 g/mol. The molecule has 3 aromatic rings. The van der Waals surface area contributed by atoms with Crippen molar-refractivity contribution in [1.29, 1.82) is 0 Å². The van der Waals surface area contributed by atoms with Gasteiger partial charge in [-0.1, -0.05) is 42.0 Å². The number of carbonyl (C=O) groups excluding carboxylic acids is 3. The summed E-state index contributed by atoms with van der Waals surface area (Å²) >= 11 is 0. The van der Waals surface area contributed by atoms with E-state index in [1.165, 1.54) is 42.5 Å². The highest BCUT2D eigenvalue weighted by atomic mass is 32.2. The van der Waals surface area contributed by atoms with Crippen LogP contribution in [0.3, 0.4) is 0 Å². The highest BCUT2D eigenvalue weighted by Crippen LogP contribution is 2.27. The number of imide groups is 2. The van der Waals surface area contributed by atoms with E-state index in [1.54, 1.807) is 31.2 Å². The summed E-state index contributed by atoms with van der Waals surface area (Å²) < 4.78 is 30.1. The van der Waals surface area contributed by atoms with E-state index in [1.807, 2.05) is 19.9 Å². The van der Waals surface area contributed by atoms with Crippen molar-refractivity contribution in [3.8, 4) is 5.75 Å². The van der Waals surface area contributed by atoms with E-state index >= 15 is 0 Å². The number of nitrogens with zero attached hydrogens (tertiary/aromatic N) is 1. The molecule has 4 amide bonds. The van der Waals surface area contributed by atoms with Gasteiger partial charge < -0.3 is 4.18 Å². The SMILES string of the molecule is Cc1ccc(S(=O)(=O)Oc2ccc(/C=C3\C(=O)NC(=O)N(c4cccc(C)c4C)C3=O)cc2)cc1. The summed E-state index contributed by atoms with van der Waals surface area (Å²) in [6, 6.07) is 16.5. The van der Waals surface area contributed by atoms with Crippen molar-refractivity contribution < 1.29 is 27.0 Å². The molecule has 1 aliphatic heterocycles. The fourth-order valence-electron chi connectivity index (χ4n) is 3.52. The molecule has 1 N–H and O–H groups in total. The summed E-state index contributed by atoms with van der Waals surface area (Å²) in [5.41, 5.74) is 3.14. The predicted octanol–water partition coefficient (Wildman–Crippen LogP) is 4.05. The van der Waals surface area contributed by atoms with E-state index in [4.69, 9.17) is 4.18 Å². The number of nitrogens with one attached hydrogen (secondary N) is 1. The second kappa shape index (κ2) is 9.19. The second-order valence-electron chi connectivity index (χ2n) is 8.10. The van der Waals surface area contributed by atoms with Gasteiger partial charge >= 0.3 is 16.1 Å². The molecule has 0 aromatic heterocycles. The molecule has 3 aromatic carbocycles. The lowest BCUT2D eigenvalue weighted by atomic mass is 10.0. The molecule has 0 atom stereocenters. The zero-order chi connectivity index (χ0) is 25.3. The predicted molar refractivity (Wildman–Crippen MR) is 130 cm³/mol. The molecule has 0 radical (unpaired) electrons. The minimum Gasteiger partial charge on any atom is -0.379 e. The molecule has 0 spiro atoms. The third-order valence-corrected chi connectivity index (χ3v) is 6.89. The van der Waals surface area contributed by atoms with Crippen LogP contribution in [-0.2, 0) is 19.7 Å². The van der Waals surface area contributed by atoms with Crippen LogP contribution >= 0.6 is 0 Å². The summed E-state index contributed by atoms with van der Waals surface area (Å²) in [6.45, 7) is 5.49. The number of carbonyl (C=O) groups is 3. The maximum absolute atomic E-state index is 13.1. The van der Waals surface area contributed by atoms with Gasteiger partial charge in [-0.3, -0.25) is 14.9 Å². The first-order chi connectivity index (χ1) is 16.6. The molecule has 1 saturated heterocycles. The Labute approximate surface area is 203 Å². The number of rotatable bonds is 5. The van der Waals surface area contributed by atoms with Crippen LogP contribution in [0, 0.1) is 20.8 Å². The van der Waals surface area contributed by atoms with E-state index < -0.39 is 28.0 Å². The molecule has 1 aliphatic rings. The normalized spacial score (nSPS) is 15.3. The van der Waals surface area contributed by atoms with E-state index in [2.05, 4.69) is 5.32 Å². The summed E-state index contributed by atoms with van der Waals surface area (Å²) in [6.07, 6.45) is 1.33. The van der Waals surface area contributed by atoms with Crippen molar-refractivity contribution in [3.05, 3.63) is 94.6 Å². The number of aryl methyl sites for hydroxylation is 2. The number of urea groups is 1. The number of anilines is 1. The molecule has 0 saturated carbocycles. The smallest absolute Gasteiger partial charge is 0.339 e. The van der Waals surface area contributed by atoms with Gasteiger partial charge in [-0.05, 0) is 73.9 Å². The number of amides is 4. The first kappa shape index (κ1) is 23.9. The van der Waals surface area contributed by atoms with E-state index in [9.17, 15) is 22.8 Å². The quantitative estimate of drug-likeness (QED) is 0.328. The Bertz CT molecular complexity index is 1470. The molecule has 1 fully saturated rings. The lowest BCUT2D eigenvalue weighted by molar-refractivity contribution is -0.122. The Morgan fingerprint density at radius 2 is 1.51 bits per heavy atom. The van der Waals surface area contributed by atoms with Gasteiger partial charge in [-0.25, -0.2) is 9.69 Å². The minimum atomic E-state index is -4.02. The molecular weight excluding hydrogens is 468 g/mol. The van der Waals surface area contributed by atoms with Gasteiger partial charge in [0, 0.05) is 0 Å². The maximum atomic E-state index is 13.1. The fourth-order valence-corrected chi connectivity index (χ4v) is 4.45. The van der Waals surface area contributed by atoms with Crippen LogP contribution in [0.1, 0.15) is 22.3 Å². The number of barbiturate groups is 1. The number of hydrogen-bond donors (Lipinski definition) is 1. The van der Waals surface area contributed by atoms with Crippen molar-refractivity contribution in [1.82, 2.24) is 5.32 Å². The van der Waals surface area contributed by atoms with Crippen LogP contribution in [0.4, 0.5) is 10.5 Å². The molecule has 0 aliphatic carbocycles. The molecule has 9 heteroatoms. The Hall–Kier alpha value is -4.24. The van der Waals surface area contributed by atoms with Gasteiger partial charge in [0.2, 0.25) is 0 Å². The lowest BCUT2D eigenvalue weighted by Crippen LogP contribution is -2.54. The average molecular weight is 491 g/mol. The topological polar surface area (TPSA) is 110 Å². The summed E-state index contributed by atoms with van der Waals surface area (Å²) in [7, 11) is -4.02. The maximum Gasteiger partial charge on any atom is 0.339 e. The summed E-state index contributed by atoms with van der Waals surface area (Å²) in [5, 5.41) is 2.19.